The van der Waals surface area contributed by atoms with Gasteiger partial charge in [0.15, 0.2) is 6.17 Å². The van der Waals surface area contributed by atoms with Crippen LogP contribution < -0.4 is 0 Å². The number of halogens is 3. The zero-order valence-corrected chi connectivity index (χ0v) is 8.79. The van der Waals surface area contributed by atoms with E-state index in [0.29, 0.717) is 0 Å². The highest BCUT2D eigenvalue weighted by molar-refractivity contribution is 7.86. The highest BCUT2D eigenvalue weighted by atomic mass is 32.2. The topological polar surface area (TPSA) is 54.4 Å². The largest absolute Gasteiger partial charge is 0.400 e. The van der Waals surface area contributed by atoms with Crippen molar-refractivity contribution in [2.24, 2.45) is 0 Å². The smallest absolute Gasteiger partial charge is 0.281 e. The minimum atomic E-state index is -5.73. The summed E-state index contributed by atoms with van der Waals surface area (Å²) in [6, 6.07) is 7.39. The Bertz CT molecular complexity index is 444. The SMILES string of the molecule is O=S(=O)(O)C(F)(F)C(F)Cc1ccccc1. The fourth-order valence-corrected chi connectivity index (χ4v) is 1.51. The van der Waals surface area contributed by atoms with Crippen LogP contribution in [-0.2, 0) is 16.5 Å². The zero-order valence-electron chi connectivity index (χ0n) is 7.98. The monoisotopic (exact) mass is 254 g/mol. The van der Waals surface area contributed by atoms with Gasteiger partial charge in [0.25, 0.3) is 0 Å². The van der Waals surface area contributed by atoms with Crippen molar-refractivity contribution in [1.82, 2.24) is 0 Å². The molecule has 0 spiro atoms. The molecule has 90 valence electrons. The molecule has 1 aromatic carbocycles. The molecule has 0 aromatic heterocycles. The summed E-state index contributed by atoms with van der Waals surface area (Å²) in [5.74, 6) is 0. The Morgan fingerprint density at radius 1 is 1.25 bits per heavy atom. The van der Waals surface area contributed by atoms with Gasteiger partial charge in [-0.1, -0.05) is 30.3 Å². The van der Waals surface area contributed by atoms with Crippen LogP contribution in [0.2, 0.25) is 0 Å². The van der Waals surface area contributed by atoms with Gasteiger partial charge < -0.3 is 0 Å². The lowest BCUT2D eigenvalue weighted by molar-refractivity contribution is -0.00209. The Hall–Kier alpha value is -1.08. The molecule has 0 saturated heterocycles. The fraction of sp³-hybridized carbons (Fsp3) is 0.333. The minimum Gasteiger partial charge on any atom is -0.281 e. The normalized spacial score (nSPS) is 14.8. The summed E-state index contributed by atoms with van der Waals surface area (Å²) in [7, 11) is -5.73. The standard InChI is InChI=1S/C9H9F3O3S/c10-8(9(11,12)16(13,14)15)6-7-4-2-1-3-5-7/h1-5,8H,6H2,(H,13,14,15). The van der Waals surface area contributed by atoms with Crippen LogP contribution in [-0.4, -0.2) is 24.4 Å². The molecule has 1 atom stereocenters. The predicted molar refractivity (Wildman–Crippen MR) is 51.5 cm³/mol. The third-order valence-electron chi connectivity index (χ3n) is 1.97. The van der Waals surface area contributed by atoms with Crippen LogP contribution in [0.5, 0.6) is 0 Å². The predicted octanol–water partition coefficient (Wildman–Crippen LogP) is 2.05. The van der Waals surface area contributed by atoms with E-state index in [4.69, 9.17) is 4.55 Å². The Morgan fingerprint density at radius 2 is 1.75 bits per heavy atom. The molecular formula is C9H9F3O3S. The maximum Gasteiger partial charge on any atom is 0.400 e. The average molecular weight is 254 g/mol. The summed E-state index contributed by atoms with van der Waals surface area (Å²) in [5.41, 5.74) is 0.221. The van der Waals surface area contributed by atoms with E-state index in [1.807, 2.05) is 0 Å². The van der Waals surface area contributed by atoms with E-state index < -0.39 is 28.0 Å². The lowest BCUT2D eigenvalue weighted by Gasteiger charge is -2.17. The summed E-state index contributed by atoms with van der Waals surface area (Å²) in [6.07, 6.45) is -3.77. The van der Waals surface area contributed by atoms with Gasteiger partial charge in [0.2, 0.25) is 0 Å². The molecule has 7 heteroatoms. The van der Waals surface area contributed by atoms with E-state index in [-0.39, 0.29) is 5.56 Å². The van der Waals surface area contributed by atoms with E-state index in [9.17, 15) is 21.6 Å². The van der Waals surface area contributed by atoms with E-state index >= 15 is 0 Å². The second-order valence-electron chi connectivity index (χ2n) is 3.19. The van der Waals surface area contributed by atoms with Crippen molar-refractivity contribution >= 4 is 10.1 Å². The van der Waals surface area contributed by atoms with Crippen molar-refractivity contribution in [3.05, 3.63) is 35.9 Å². The Labute approximate surface area is 90.7 Å². The van der Waals surface area contributed by atoms with Crippen molar-refractivity contribution in [2.45, 2.75) is 17.8 Å². The van der Waals surface area contributed by atoms with Gasteiger partial charge in [-0.05, 0) is 5.56 Å². The molecule has 0 aliphatic heterocycles. The third-order valence-corrected chi connectivity index (χ3v) is 2.91. The molecule has 0 bridgehead atoms. The first-order valence-corrected chi connectivity index (χ1v) is 5.72. The van der Waals surface area contributed by atoms with Gasteiger partial charge >= 0.3 is 15.4 Å². The first kappa shape index (κ1) is 13.0. The molecule has 0 heterocycles. The molecule has 0 aliphatic rings. The molecule has 1 rings (SSSR count). The van der Waals surface area contributed by atoms with E-state index in [1.54, 1.807) is 6.07 Å². The fourth-order valence-electron chi connectivity index (χ4n) is 1.10. The summed E-state index contributed by atoms with van der Waals surface area (Å²) < 4.78 is 67.3. The zero-order chi connectivity index (χ0) is 12.4. The molecular weight excluding hydrogens is 245 g/mol. The first-order valence-electron chi connectivity index (χ1n) is 4.28. The quantitative estimate of drug-likeness (QED) is 0.836. The highest BCUT2D eigenvalue weighted by Gasteiger charge is 2.52. The molecule has 0 amide bonds. The van der Waals surface area contributed by atoms with Crippen LogP contribution in [0.25, 0.3) is 0 Å². The van der Waals surface area contributed by atoms with Crippen LogP contribution in [0.1, 0.15) is 5.56 Å². The summed E-state index contributed by atoms with van der Waals surface area (Å²) in [4.78, 5) is 0. The van der Waals surface area contributed by atoms with Gasteiger partial charge in [-0.2, -0.15) is 17.2 Å². The summed E-state index contributed by atoms with van der Waals surface area (Å²) in [6.45, 7) is 0. The van der Waals surface area contributed by atoms with Crippen LogP contribution in [0.15, 0.2) is 30.3 Å². The van der Waals surface area contributed by atoms with Gasteiger partial charge in [0, 0.05) is 6.42 Å². The van der Waals surface area contributed by atoms with Crippen molar-refractivity contribution in [1.29, 1.82) is 0 Å². The van der Waals surface area contributed by atoms with E-state index in [1.165, 1.54) is 24.3 Å². The van der Waals surface area contributed by atoms with Gasteiger partial charge in [0.05, 0.1) is 0 Å². The van der Waals surface area contributed by atoms with Crippen molar-refractivity contribution in [2.75, 3.05) is 0 Å². The van der Waals surface area contributed by atoms with Crippen molar-refractivity contribution < 1.29 is 26.1 Å². The third kappa shape index (κ3) is 2.73. The number of alkyl halides is 3. The Kier molecular flexibility index (Phi) is 3.59. The number of rotatable bonds is 4. The number of hydrogen-bond acceptors (Lipinski definition) is 2. The average Bonchev–Trinajstić information content (AvgIpc) is 2.17. The maximum absolute atomic E-state index is 13.1. The molecule has 3 nitrogen and oxygen atoms in total. The minimum absolute atomic E-state index is 0.221. The molecule has 0 aliphatic carbocycles. The number of hydrogen-bond donors (Lipinski definition) is 1. The molecule has 0 fully saturated rings. The lowest BCUT2D eigenvalue weighted by atomic mass is 10.1. The van der Waals surface area contributed by atoms with Crippen LogP contribution in [0.3, 0.4) is 0 Å². The molecule has 1 N–H and O–H groups in total. The van der Waals surface area contributed by atoms with Crippen LogP contribution >= 0.6 is 0 Å². The van der Waals surface area contributed by atoms with E-state index in [0.717, 1.165) is 0 Å². The van der Waals surface area contributed by atoms with Gasteiger partial charge in [-0.3, -0.25) is 4.55 Å². The second-order valence-corrected chi connectivity index (χ2v) is 4.69. The molecule has 1 aromatic rings. The van der Waals surface area contributed by atoms with Crippen molar-refractivity contribution in [3.8, 4) is 0 Å². The molecule has 1 unspecified atom stereocenters. The van der Waals surface area contributed by atoms with E-state index in [2.05, 4.69) is 0 Å². The van der Waals surface area contributed by atoms with Crippen molar-refractivity contribution in [3.63, 3.8) is 0 Å². The number of benzene rings is 1. The van der Waals surface area contributed by atoms with Crippen LogP contribution in [0, 0.1) is 0 Å². The summed E-state index contributed by atoms with van der Waals surface area (Å²) in [5, 5.41) is -4.79. The maximum atomic E-state index is 13.1. The van der Waals surface area contributed by atoms with Crippen LogP contribution in [0.4, 0.5) is 13.2 Å². The molecule has 16 heavy (non-hydrogen) atoms. The highest BCUT2D eigenvalue weighted by Crippen LogP contribution is 2.29. The lowest BCUT2D eigenvalue weighted by Crippen LogP contribution is -2.39. The van der Waals surface area contributed by atoms with Gasteiger partial charge in [-0.25, -0.2) is 4.39 Å². The first-order chi connectivity index (χ1) is 7.25. The Morgan fingerprint density at radius 3 is 2.19 bits per heavy atom. The second kappa shape index (κ2) is 4.42. The summed E-state index contributed by atoms with van der Waals surface area (Å²) >= 11 is 0. The molecule has 0 radical (unpaired) electrons. The molecule has 0 saturated carbocycles. The van der Waals surface area contributed by atoms with Gasteiger partial charge in [-0.15, -0.1) is 0 Å². The Balaban J connectivity index is 2.85. The van der Waals surface area contributed by atoms with Gasteiger partial charge in [0.1, 0.15) is 0 Å².